The molecule has 148 valence electrons. The predicted octanol–water partition coefficient (Wildman–Crippen LogP) is 3.23. The second-order valence-corrected chi connectivity index (χ2v) is 8.80. The molecule has 2 heterocycles. The normalized spacial score (nSPS) is 12.8. The van der Waals surface area contributed by atoms with E-state index in [-0.39, 0.29) is 17.8 Å². The number of hydrogen-bond acceptors (Lipinski definition) is 6. The zero-order valence-corrected chi connectivity index (χ0v) is 18.5. The van der Waals surface area contributed by atoms with Crippen LogP contribution in [-0.4, -0.2) is 28.2 Å². The van der Waals surface area contributed by atoms with Crippen molar-refractivity contribution in [1.82, 2.24) is 4.57 Å². The molecule has 2 aromatic rings. The largest absolute Gasteiger partial charge is 0.493 e. The second-order valence-electron chi connectivity index (χ2n) is 6.24. The van der Waals surface area contributed by atoms with E-state index in [0.717, 1.165) is 23.7 Å². The molecule has 9 heteroatoms. The first-order chi connectivity index (χ1) is 13.4. The Morgan fingerprint density at radius 3 is 2.89 bits per heavy atom. The number of fused-ring (bicyclic) bond motifs is 1. The van der Waals surface area contributed by atoms with E-state index in [1.807, 2.05) is 12.1 Å². The average molecular weight is 483 g/mol. The minimum absolute atomic E-state index is 0.00762. The molecule has 6 nitrogen and oxygen atoms in total. The number of rotatable bonds is 8. The molecule has 1 N–H and O–H groups in total. The van der Waals surface area contributed by atoms with Crippen LogP contribution in [0.2, 0.25) is 0 Å². The Balaban J connectivity index is 1.77. The molecular weight excluding hydrogens is 464 g/mol. The van der Waals surface area contributed by atoms with E-state index in [4.69, 9.17) is 17.0 Å². The van der Waals surface area contributed by atoms with Gasteiger partial charge in [-0.25, -0.2) is 4.99 Å². The first-order valence-electron chi connectivity index (χ1n) is 8.94. The van der Waals surface area contributed by atoms with Crippen LogP contribution in [0.4, 0.5) is 0 Å². The zero-order valence-electron chi connectivity index (χ0n) is 15.2. The van der Waals surface area contributed by atoms with Crippen molar-refractivity contribution in [2.24, 2.45) is 4.99 Å². The summed E-state index contributed by atoms with van der Waals surface area (Å²) in [6.07, 6.45) is 2.68. The van der Waals surface area contributed by atoms with Gasteiger partial charge in [0.2, 0.25) is 5.88 Å². The van der Waals surface area contributed by atoms with Crippen molar-refractivity contribution >= 4 is 56.9 Å². The minimum atomic E-state index is -0.374. The predicted molar refractivity (Wildman–Crippen MR) is 112 cm³/mol. The van der Waals surface area contributed by atoms with E-state index in [1.54, 1.807) is 17.6 Å². The maximum atomic E-state index is 12.4. The highest BCUT2D eigenvalue weighted by Crippen LogP contribution is 2.33. The molecule has 28 heavy (non-hydrogen) atoms. The molecule has 0 saturated heterocycles. The third-order valence-electron chi connectivity index (χ3n) is 4.33. The Morgan fingerprint density at radius 2 is 2.14 bits per heavy atom. The van der Waals surface area contributed by atoms with Crippen molar-refractivity contribution in [3.63, 3.8) is 0 Å². The van der Waals surface area contributed by atoms with Gasteiger partial charge < -0.3 is 9.84 Å². The van der Waals surface area contributed by atoms with Gasteiger partial charge in [0.05, 0.1) is 17.5 Å². The quantitative estimate of drug-likeness (QED) is 0.354. The summed E-state index contributed by atoms with van der Waals surface area (Å²) >= 11 is 10.0. The van der Waals surface area contributed by atoms with Crippen LogP contribution in [-0.2, 0) is 20.9 Å². The van der Waals surface area contributed by atoms with Gasteiger partial charge in [-0.05, 0) is 50.2 Å². The van der Waals surface area contributed by atoms with Crippen LogP contribution in [0.5, 0.6) is 5.88 Å². The van der Waals surface area contributed by atoms with Crippen molar-refractivity contribution in [2.75, 3.05) is 6.61 Å². The number of halogens is 1. The van der Waals surface area contributed by atoms with E-state index in [9.17, 15) is 14.7 Å². The Morgan fingerprint density at radius 1 is 1.36 bits per heavy atom. The molecule has 0 aliphatic carbocycles. The highest BCUT2D eigenvalue weighted by Gasteiger charge is 2.25. The van der Waals surface area contributed by atoms with E-state index in [0.29, 0.717) is 44.6 Å². The summed E-state index contributed by atoms with van der Waals surface area (Å²) in [5, 5.41) is 12.0. The highest BCUT2D eigenvalue weighted by molar-refractivity contribution is 9.10. The van der Waals surface area contributed by atoms with Crippen LogP contribution in [0.15, 0.2) is 27.7 Å². The fourth-order valence-electron chi connectivity index (χ4n) is 3.01. The SMILES string of the molecule is CCOC(=O)CCCCCn1c(O)c(C2=c3cc(Br)ccc3=NC2=O)sc1=S. The van der Waals surface area contributed by atoms with E-state index < -0.39 is 0 Å². The smallest absolute Gasteiger partial charge is 0.305 e. The van der Waals surface area contributed by atoms with Gasteiger partial charge in [-0.15, -0.1) is 11.3 Å². The van der Waals surface area contributed by atoms with Crippen molar-refractivity contribution in [2.45, 2.75) is 39.2 Å². The molecule has 3 rings (SSSR count). The fraction of sp³-hybridized carbons (Fsp3) is 0.368. The van der Waals surface area contributed by atoms with Crippen LogP contribution >= 0.6 is 39.5 Å². The summed E-state index contributed by atoms with van der Waals surface area (Å²) in [7, 11) is 0. The van der Waals surface area contributed by atoms with Gasteiger partial charge in [-0.2, -0.15) is 0 Å². The third kappa shape index (κ3) is 4.42. The number of amides is 1. The molecule has 1 aromatic carbocycles. The summed E-state index contributed by atoms with van der Waals surface area (Å²) in [4.78, 5) is 28.3. The molecule has 0 fully saturated rings. The third-order valence-corrected chi connectivity index (χ3v) is 6.28. The maximum absolute atomic E-state index is 12.4. The van der Waals surface area contributed by atoms with Gasteiger partial charge in [0.25, 0.3) is 5.91 Å². The molecule has 0 saturated carbocycles. The molecule has 0 spiro atoms. The monoisotopic (exact) mass is 482 g/mol. The molecule has 0 unspecified atom stereocenters. The fourth-order valence-corrected chi connectivity index (χ4v) is 4.76. The number of aromatic hydroxyl groups is 1. The zero-order chi connectivity index (χ0) is 20.3. The Bertz CT molecular complexity index is 1100. The molecule has 0 bridgehead atoms. The number of carbonyl (C=O) groups is 2. The van der Waals surface area contributed by atoms with Crippen LogP contribution in [0.25, 0.3) is 5.57 Å². The lowest BCUT2D eigenvalue weighted by Crippen LogP contribution is -2.22. The van der Waals surface area contributed by atoms with Crippen molar-refractivity contribution in [3.8, 4) is 5.88 Å². The van der Waals surface area contributed by atoms with Gasteiger partial charge in [0.1, 0.15) is 4.88 Å². The summed E-state index contributed by atoms with van der Waals surface area (Å²) < 4.78 is 7.87. The number of aromatic nitrogens is 1. The molecule has 0 atom stereocenters. The number of hydrogen-bond donors (Lipinski definition) is 1. The van der Waals surface area contributed by atoms with E-state index in [2.05, 4.69) is 20.9 Å². The highest BCUT2D eigenvalue weighted by atomic mass is 79.9. The van der Waals surface area contributed by atoms with Crippen LogP contribution in [0.3, 0.4) is 0 Å². The molecular formula is C19H19BrN2O4S2. The van der Waals surface area contributed by atoms with Crippen molar-refractivity contribution in [3.05, 3.63) is 42.1 Å². The lowest BCUT2D eigenvalue weighted by molar-refractivity contribution is -0.143. The van der Waals surface area contributed by atoms with Gasteiger partial charge in [-0.3, -0.25) is 14.2 Å². The number of thiazole rings is 1. The number of nitrogens with zero attached hydrogens (tertiary/aromatic N) is 2. The lowest BCUT2D eigenvalue weighted by atomic mass is 10.1. The Kier molecular flexibility index (Phi) is 6.79. The first-order valence-corrected chi connectivity index (χ1v) is 11.0. The van der Waals surface area contributed by atoms with Gasteiger partial charge in [-0.1, -0.05) is 22.4 Å². The van der Waals surface area contributed by atoms with Crippen molar-refractivity contribution in [1.29, 1.82) is 0 Å². The molecule has 0 radical (unpaired) electrons. The summed E-state index contributed by atoms with van der Waals surface area (Å²) in [6.45, 7) is 2.70. The first kappa shape index (κ1) is 20.9. The Hall–Kier alpha value is -1.84. The molecule has 1 aliphatic rings. The number of esters is 1. The Labute approximate surface area is 179 Å². The summed E-state index contributed by atoms with van der Waals surface area (Å²) in [6, 6.07) is 5.41. The number of ether oxygens (including phenoxy) is 1. The molecule has 1 aromatic heterocycles. The number of unbranched alkanes of at least 4 members (excludes halogenated alkanes) is 2. The van der Waals surface area contributed by atoms with E-state index in [1.165, 1.54) is 11.3 Å². The van der Waals surface area contributed by atoms with Gasteiger partial charge in [0, 0.05) is 22.7 Å². The molecule has 1 aliphatic heterocycles. The van der Waals surface area contributed by atoms with Gasteiger partial charge in [0.15, 0.2) is 3.95 Å². The van der Waals surface area contributed by atoms with Crippen molar-refractivity contribution < 1.29 is 19.4 Å². The average Bonchev–Trinajstić information content (AvgIpc) is 3.10. The van der Waals surface area contributed by atoms with Gasteiger partial charge >= 0.3 is 5.97 Å². The van der Waals surface area contributed by atoms with Crippen LogP contribution < -0.4 is 10.6 Å². The molecule has 1 amide bonds. The number of carbonyl (C=O) groups excluding carboxylic acids is 2. The van der Waals surface area contributed by atoms with Crippen LogP contribution in [0.1, 0.15) is 37.5 Å². The summed E-state index contributed by atoms with van der Waals surface area (Å²) in [5.41, 5.74) is 0.381. The summed E-state index contributed by atoms with van der Waals surface area (Å²) in [5.74, 6) is -0.572. The minimum Gasteiger partial charge on any atom is -0.493 e. The topological polar surface area (TPSA) is 80.9 Å². The standard InChI is InChI=1S/C19H19BrN2O4S2/c1-2-26-14(23)6-4-3-5-9-22-18(25)16(28-19(22)27)15-12-10-11(20)7-8-13(12)21-17(15)24/h7-8,10,25H,2-6,9H2,1H3. The van der Waals surface area contributed by atoms with Crippen LogP contribution in [0, 0.1) is 3.95 Å². The lowest BCUT2D eigenvalue weighted by Gasteiger charge is -2.06. The maximum Gasteiger partial charge on any atom is 0.305 e. The second kappa shape index (κ2) is 9.11. The number of benzene rings is 1. The van der Waals surface area contributed by atoms with E-state index >= 15 is 0 Å².